The minimum absolute atomic E-state index is 0.161. The van der Waals surface area contributed by atoms with Gasteiger partial charge in [-0.2, -0.15) is 13.2 Å². The average Bonchev–Trinajstić information content (AvgIpc) is 2.73. The van der Waals surface area contributed by atoms with E-state index in [4.69, 9.17) is 16.3 Å². The van der Waals surface area contributed by atoms with Gasteiger partial charge in [-0.05, 0) is 48.5 Å². The van der Waals surface area contributed by atoms with Crippen LogP contribution < -0.4 is 14.4 Å². The molecule has 11 heteroatoms. The lowest BCUT2D eigenvalue weighted by atomic mass is 10.2. The Labute approximate surface area is 193 Å². The number of benzene rings is 3. The summed E-state index contributed by atoms with van der Waals surface area (Å²) in [6.07, 6.45) is -3.88. The molecule has 3 rings (SSSR count). The lowest BCUT2D eigenvalue weighted by molar-refractivity contribution is -0.137. The predicted octanol–water partition coefficient (Wildman–Crippen LogP) is 5.56. The number of amides is 1. The van der Waals surface area contributed by atoms with E-state index in [0.717, 1.165) is 18.4 Å². The number of carbonyl (C=O) groups excluding carboxylic acids is 1. The quantitative estimate of drug-likeness (QED) is 0.463. The van der Waals surface area contributed by atoms with E-state index in [1.165, 1.54) is 18.2 Å². The number of alkyl halides is 3. The summed E-state index contributed by atoms with van der Waals surface area (Å²) in [5.41, 5.74) is -1.18. The summed E-state index contributed by atoms with van der Waals surface area (Å²) in [5, 5.41) is 2.79. The summed E-state index contributed by atoms with van der Waals surface area (Å²) < 4.78 is 70.0. The first-order valence-electron chi connectivity index (χ1n) is 9.41. The van der Waals surface area contributed by atoms with Gasteiger partial charge in [-0.3, -0.25) is 9.10 Å². The molecule has 1 amide bonds. The van der Waals surface area contributed by atoms with Gasteiger partial charge in [0.15, 0.2) is 5.75 Å². The van der Waals surface area contributed by atoms with Gasteiger partial charge < -0.3 is 10.1 Å². The number of hydrogen-bond donors (Lipinski definition) is 1. The number of nitrogens with one attached hydrogen (secondary N) is 1. The van der Waals surface area contributed by atoms with Gasteiger partial charge in [0.1, 0.15) is 12.3 Å². The van der Waals surface area contributed by atoms with Crippen LogP contribution in [0, 0.1) is 0 Å². The van der Waals surface area contributed by atoms with E-state index in [0.29, 0.717) is 16.1 Å². The van der Waals surface area contributed by atoms with Crippen LogP contribution in [-0.2, 0) is 21.0 Å². The summed E-state index contributed by atoms with van der Waals surface area (Å²) in [7, 11) is -4.09. The lowest BCUT2D eigenvalue weighted by Crippen LogP contribution is -2.37. The highest BCUT2D eigenvalue weighted by Crippen LogP contribution is 2.33. The minimum atomic E-state index is -4.67. The number of sulfonamides is 1. The molecule has 33 heavy (non-hydrogen) atoms. The second-order valence-electron chi connectivity index (χ2n) is 6.92. The van der Waals surface area contributed by atoms with E-state index in [9.17, 15) is 26.4 Å². The molecule has 0 saturated heterocycles. The molecule has 174 valence electrons. The summed E-state index contributed by atoms with van der Waals surface area (Å²) >= 11 is 6.02. The van der Waals surface area contributed by atoms with Crippen LogP contribution in [0.3, 0.4) is 0 Å². The first-order valence-corrected chi connectivity index (χ1v) is 11.6. The van der Waals surface area contributed by atoms with E-state index in [1.807, 2.05) is 0 Å². The zero-order chi connectivity index (χ0) is 24.2. The third kappa shape index (κ3) is 6.62. The number of anilines is 2. The number of nitrogens with zero attached hydrogens (tertiary/aromatic N) is 1. The number of halogens is 4. The molecule has 6 nitrogen and oxygen atoms in total. The van der Waals surface area contributed by atoms with Crippen molar-refractivity contribution in [3.8, 4) is 11.5 Å². The van der Waals surface area contributed by atoms with Gasteiger partial charge in [-0.1, -0.05) is 35.9 Å². The number of hydrogen-bond acceptors (Lipinski definition) is 4. The second kappa shape index (κ2) is 9.72. The van der Waals surface area contributed by atoms with Crippen LogP contribution >= 0.6 is 11.6 Å². The van der Waals surface area contributed by atoms with Crippen LogP contribution in [0.2, 0.25) is 5.02 Å². The van der Waals surface area contributed by atoms with Crippen molar-refractivity contribution < 1.29 is 31.1 Å². The van der Waals surface area contributed by atoms with Gasteiger partial charge in [0.25, 0.3) is 0 Å². The van der Waals surface area contributed by atoms with Crippen molar-refractivity contribution in [2.24, 2.45) is 0 Å². The molecule has 0 saturated carbocycles. The number of rotatable bonds is 7. The number of ether oxygens (including phenoxy) is 1. The van der Waals surface area contributed by atoms with Crippen LogP contribution in [-0.4, -0.2) is 27.1 Å². The largest absolute Gasteiger partial charge is 0.455 e. The second-order valence-corrected chi connectivity index (χ2v) is 9.26. The molecule has 1 N–H and O–H groups in total. The molecule has 0 aliphatic heterocycles. The fraction of sp³-hybridized carbons (Fsp3) is 0.136. The highest BCUT2D eigenvalue weighted by atomic mass is 35.5. The number of carbonyl (C=O) groups is 1. The molecule has 0 spiro atoms. The summed E-state index contributed by atoms with van der Waals surface area (Å²) in [6.45, 7) is -0.766. The summed E-state index contributed by atoms with van der Waals surface area (Å²) in [4.78, 5) is 12.7. The Bertz CT molecular complexity index is 1250. The SMILES string of the molecule is CS(=O)(=O)N(CC(=O)Nc1cc(Cl)ccc1Oc1ccccc1)c1cccc(C(F)(F)F)c1. The highest BCUT2D eigenvalue weighted by Gasteiger charge is 2.32. The molecule has 0 bridgehead atoms. The topological polar surface area (TPSA) is 75.7 Å². The van der Waals surface area contributed by atoms with Crippen molar-refractivity contribution in [1.82, 2.24) is 0 Å². The zero-order valence-corrected chi connectivity index (χ0v) is 18.7. The fourth-order valence-corrected chi connectivity index (χ4v) is 3.88. The maximum Gasteiger partial charge on any atom is 0.416 e. The van der Waals surface area contributed by atoms with Gasteiger partial charge in [0, 0.05) is 5.02 Å². The van der Waals surface area contributed by atoms with E-state index in [1.54, 1.807) is 36.4 Å². The molecule has 0 heterocycles. The van der Waals surface area contributed by atoms with Gasteiger partial charge >= 0.3 is 6.18 Å². The van der Waals surface area contributed by atoms with Crippen molar-refractivity contribution in [1.29, 1.82) is 0 Å². The fourth-order valence-electron chi connectivity index (χ4n) is 2.86. The van der Waals surface area contributed by atoms with Crippen LogP contribution in [0.4, 0.5) is 24.5 Å². The molecule has 0 radical (unpaired) electrons. The Hall–Kier alpha value is -3.24. The standard InChI is InChI=1S/C22H18ClF3N2O4S/c1-33(30,31)28(17-7-5-6-15(12-17)22(24,25)26)14-21(29)27-19-13-16(23)10-11-20(19)32-18-8-3-2-4-9-18/h2-13H,14H2,1H3,(H,27,29). The maximum atomic E-state index is 13.1. The maximum absolute atomic E-state index is 13.1. The zero-order valence-electron chi connectivity index (χ0n) is 17.1. The van der Waals surface area contributed by atoms with Crippen LogP contribution in [0.5, 0.6) is 11.5 Å². The van der Waals surface area contributed by atoms with Crippen LogP contribution in [0.1, 0.15) is 5.56 Å². The minimum Gasteiger partial charge on any atom is -0.455 e. The Morgan fingerprint density at radius 2 is 1.73 bits per heavy atom. The van der Waals surface area contributed by atoms with Crippen LogP contribution in [0.15, 0.2) is 72.8 Å². The Morgan fingerprint density at radius 1 is 1.03 bits per heavy atom. The normalized spacial score (nSPS) is 11.7. The molecular formula is C22H18ClF3N2O4S. The molecule has 3 aromatic carbocycles. The third-order valence-corrected chi connectivity index (χ3v) is 5.71. The van der Waals surface area contributed by atoms with Gasteiger partial charge in [-0.15, -0.1) is 0 Å². The van der Waals surface area contributed by atoms with E-state index < -0.39 is 34.2 Å². The van der Waals surface area contributed by atoms with E-state index >= 15 is 0 Å². The van der Waals surface area contributed by atoms with E-state index in [-0.39, 0.29) is 22.1 Å². The monoisotopic (exact) mass is 498 g/mol. The van der Waals surface area contributed by atoms with Crippen LogP contribution in [0.25, 0.3) is 0 Å². The smallest absolute Gasteiger partial charge is 0.416 e. The molecule has 0 fully saturated rings. The van der Waals surface area contributed by atoms with Gasteiger partial charge in [-0.25, -0.2) is 8.42 Å². The number of para-hydroxylation sites is 1. The first-order chi connectivity index (χ1) is 15.4. The summed E-state index contributed by atoms with van der Waals surface area (Å²) in [5.74, 6) is -0.0843. The average molecular weight is 499 g/mol. The Balaban J connectivity index is 1.86. The molecular weight excluding hydrogens is 481 g/mol. The lowest BCUT2D eigenvalue weighted by Gasteiger charge is -2.23. The molecule has 3 aromatic rings. The molecule has 0 aliphatic carbocycles. The molecule has 0 aliphatic rings. The van der Waals surface area contributed by atoms with E-state index in [2.05, 4.69) is 5.32 Å². The van der Waals surface area contributed by atoms with Gasteiger partial charge in [0.05, 0.1) is 23.2 Å². The van der Waals surface area contributed by atoms with Crippen molar-refractivity contribution in [2.45, 2.75) is 6.18 Å². The molecule has 0 aromatic heterocycles. The predicted molar refractivity (Wildman–Crippen MR) is 120 cm³/mol. The molecule has 0 unspecified atom stereocenters. The van der Waals surface area contributed by atoms with Crippen molar-refractivity contribution in [3.63, 3.8) is 0 Å². The van der Waals surface area contributed by atoms with Crippen molar-refractivity contribution in [3.05, 3.63) is 83.4 Å². The van der Waals surface area contributed by atoms with Crippen molar-refractivity contribution in [2.75, 3.05) is 22.4 Å². The Kier molecular flexibility index (Phi) is 7.19. The Morgan fingerprint density at radius 3 is 2.36 bits per heavy atom. The molecule has 0 atom stereocenters. The van der Waals surface area contributed by atoms with Gasteiger partial charge in [0.2, 0.25) is 15.9 Å². The highest BCUT2D eigenvalue weighted by molar-refractivity contribution is 7.92. The third-order valence-electron chi connectivity index (χ3n) is 4.34. The van der Waals surface area contributed by atoms with Crippen molar-refractivity contribution >= 4 is 38.9 Å². The first kappa shape index (κ1) is 24.4. The summed E-state index contributed by atoms with van der Waals surface area (Å²) in [6, 6.07) is 16.9.